The van der Waals surface area contributed by atoms with E-state index in [4.69, 9.17) is 8.37 Å². The Balaban J connectivity index is 1.55. The van der Waals surface area contributed by atoms with Crippen molar-refractivity contribution in [2.75, 3.05) is 39.4 Å². The van der Waals surface area contributed by atoms with Crippen LogP contribution in [0.25, 0.3) is 0 Å². The van der Waals surface area contributed by atoms with Gasteiger partial charge in [-0.1, -0.05) is 0 Å². The van der Waals surface area contributed by atoms with Crippen molar-refractivity contribution in [3.05, 3.63) is 0 Å². The lowest BCUT2D eigenvalue weighted by Gasteiger charge is -2.22. The van der Waals surface area contributed by atoms with Crippen molar-refractivity contribution in [2.45, 2.75) is 38.5 Å². The lowest BCUT2D eigenvalue weighted by atomic mass is 9.95. The van der Waals surface area contributed by atoms with E-state index in [0.717, 1.165) is 64.7 Å². The van der Waals surface area contributed by atoms with Crippen molar-refractivity contribution in [1.82, 2.24) is 10.6 Å². The van der Waals surface area contributed by atoms with Gasteiger partial charge in [0.25, 0.3) is 0 Å². The van der Waals surface area contributed by atoms with Gasteiger partial charge in [-0.2, -0.15) is 8.42 Å². The zero-order valence-corrected chi connectivity index (χ0v) is 13.5. The largest absolute Gasteiger partial charge is 0.399 e. The maximum atomic E-state index is 11.6. The molecular formula is C14H28N2O4S. The Hall–Kier alpha value is -0.210. The molecule has 0 aromatic heterocycles. The third-order valence-corrected chi connectivity index (χ3v) is 5.34. The summed E-state index contributed by atoms with van der Waals surface area (Å²) in [4.78, 5) is 0. The SMILES string of the molecule is O=S(=O)(OCCC1CCNCC1)OCCC1CCNCC1. The Labute approximate surface area is 128 Å². The molecule has 0 aromatic carbocycles. The first kappa shape index (κ1) is 17.1. The van der Waals surface area contributed by atoms with E-state index in [9.17, 15) is 8.42 Å². The molecular weight excluding hydrogens is 292 g/mol. The lowest BCUT2D eigenvalue weighted by Crippen LogP contribution is -2.29. The first-order valence-corrected chi connectivity index (χ1v) is 9.44. The smallest absolute Gasteiger partial charge is 0.317 e. The predicted molar refractivity (Wildman–Crippen MR) is 81.2 cm³/mol. The van der Waals surface area contributed by atoms with E-state index in [-0.39, 0.29) is 13.2 Å². The van der Waals surface area contributed by atoms with E-state index in [1.807, 2.05) is 0 Å². The monoisotopic (exact) mass is 320 g/mol. The molecule has 0 aliphatic carbocycles. The molecule has 6 nitrogen and oxygen atoms in total. The predicted octanol–water partition coefficient (Wildman–Crippen LogP) is 1.04. The average molecular weight is 320 g/mol. The molecule has 0 unspecified atom stereocenters. The van der Waals surface area contributed by atoms with Gasteiger partial charge < -0.3 is 10.6 Å². The maximum absolute atomic E-state index is 11.6. The van der Waals surface area contributed by atoms with Crippen molar-refractivity contribution in [3.8, 4) is 0 Å². The molecule has 124 valence electrons. The van der Waals surface area contributed by atoms with Crippen LogP contribution in [0.4, 0.5) is 0 Å². The van der Waals surface area contributed by atoms with Gasteiger partial charge in [0, 0.05) is 0 Å². The van der Waals surface area contributed by atoms with Crippen LogP contribution in [-0.4, -0.2) is 47.8 Å². The van der Waals surface area contributed by atoms with E-state index in [0.29, 0.717) is 11.8 Å². The number of hydrogen-bond acceptors (Lipinski definition) is 6. The van der Waals surface area contributed by atoms with Gasteiger partial charge in [0.1, 0.15) is 0 Å². The second-order valence-electron chi connectivity index (χ2n) is 6.02. The van der Waals surface area contributed by atoms with E-state index in [2.05, 4.69) is 10.6 Å². The summed E-state index contributed by atoms with van der Waals surface area (Å²) in [5.74, 6) is 1.13. The maximum Gasteiger partial charge on any atom is 0.399 e. The number of hydrogen-bond donors (Lipinski definition) is 2. The highest BCUT2D eigenvalue weighted by atomic mass is 32.3. The molecule has 0 bridgehead atoms. The standard InChI is InChI=1S/C14H28N2O4S/c17-21(18,19-11-5-13-1-7-15-8-2-13)20-12-6-14-3-9-16-10-4-14/h13-16H,1-12H2. The minimum absolute atomic E-state index is 0.236. The molecule has 2 rings (SSSR count). The summed E-state index contributed by atoms with van der Waals surface area (Å²) in [7, 11) is -3.81. The fourth-order valence-corrected chi connectivity index (χ4v) is 3.68. The van der Waals surface area contributed by atoms with E-state index >= 15 is 0 Å². The summed E-state index contributed by atoms with van der Waals surface area (Å²) in [6.07, 6.45) is 5.97. The molecule has 2 fully saturated rings. The minimum atomic E-state index is -3.81. The van der Waals surface area contributed by atoms with Gasteiger partial charge in [-0.05, 0) is 76.5 Å². The Morgan fingerprint density at radius 1 is 0.762 bits per heavy atom. The highest BCUT2D eigenvalue weighted by Gasteiger charge is 2.18. The average Bonchev–Trinajstić information content (AvgIpc) is 2.49. The van der Waals surface area contributed by atoms with Gasteiger partial charge in [-0.15, -0.1) is 0 Å². The Bertz CT molecular complexity index is 346. The quantitative estimate of drug-likeness (QED) is 0.696. The number of rotatable bonds is 8. The van der Waals surface area contributed by atoms with Crippen LogP contribution in [-0.2, 0) is 18.8 Å². The molecule has 2 aliphatic rings. The summed E-state index contributed by atoms with van der Waals surface area (Å²) in [5, 5.41) is 6.58. The summed E-state index contributed by atoms with van der Waals surface area (Å²) >= 11 is 0. The summed E-state index contributed by atoms with van der Waals surface area (Å²) < 4.78 is 33.2. The van der Waals surface area contributed by atoms with Crippen molar-refractivity contribution in [3.63, 3.8) is 0 Å². The molecule has 2 aliphatic heterocycles. The summed E-state index contributed by atoms with van der Waals surface area (Å²) in [5.41, 5.74) is 0. The molecule has 0 aromatic rings. The molecule has 7 heteroatoms. The molecule has 0 radical (unpaired) electrons. The van der Waals surface area contributed by atoms with Crippen LogP contribution in [0, 0.1) is 11.8 Å². The molecule has 2 N–H and O–H groups in total. The third kappa shape index (κ3) is 7.06. The van der Waals surface area contributed by atoms with E-state index < -0.39 is 10.4 Å². The van der Waals surface area contributed by atoms with Crippen molar-refractivity contribution < 1.29 is 16.8 Å². The summed E-state index contributed by atoms with van der Waals surface area (Å²) in [6.45, 7) is 4.54. The fraction of sp³-hybridized carbons (Fsp3) is 1.00. The lowest BCUT2D eigenvalue weighted by molar-refractivity contribution is 0.183. The van der Waals surface area contributed by atoms with Crippen molar-refractivity contribution in [1.29, 1.82) is 0 Å². The highest BCUT2D eigenvalue weighted by molar-refractivity contribution is 7.81. The zero-order chi connectivity index (χ0) is 15.0. The molecule has 0 atom stereocenters. The van der Waals surface area contributed by atoms with Crippen LogP contribution in [0.1, 0.15) is 38.5 Å². The Morgan fingerprint density at radius 2 is 1.14 bits per heavy atom. The van der Waals surface area contributed by atoms with Crippen molar-refractivity contribution in [2.24, 2.45) is 11.8 Å². The van der Waals surface area contributed by atoms with Crippen LogP contribution in [0.2, 0.25) is 0 Å². The molecule has 2 heterocycles. The van der Waals surface area contributed by atoms with Gasteiger partial charge in [0.15, 0.2) is 0 Å². The van der Waals surface area contributed by atoms with Gasteiger partial charge in [-0.25, -0.2) is 8.37 Å². The third-order valence-electron chi connectivity index (χ3n) is 4.42. The first-order chi connectivity index (χ1) is 10.2. The molecule has 0 spiro atoms. The Morgan fingerprint density at radius 3 is 1.52 bits per heavy atom. The van der Waals surface area contributed by atoms with Crippen LogP contribution < -0.4 is 10.6 Å². The summed E-state index contributed by atoms with van der Waals surface area (Å²) in [6, 6.07) is 0. The van der Waals surface area contributed by atoms with Crippen LogP contribution in [0.5, 0.6) is 0 Å². The topological polar surface area (TPSA) is 76.7 Å². The highest BCUT2D eigenvalue weighted by Crippen LogP contribution is 2.18. The number of piperidine rings is 2. The Kier molecular flexibility index (Phi) is 7.39. The molecule has 2 saturated heterocycles. The van der Waals surface area contributed by atoms with Crippen molar-refractivity contribution >= 4 is 10.4 Å². The fourth-order valence-electron chi connectivity index (χ4n) is 3.01. The normalized spacial score (nSPS) is 22.5. The molecule has 21 heavy (non-hydrogen) atoms. The number of nitrogens with one attached hydrogen (secondary N) is 2. The van der Waals surface area contributed by atoms with Crippen LogP contribution in [0.15, 0.2) is 0 Å². The second-order valence-corrected chi connectivity index (χ2v) is 7.30. The second kappa shape index (κ2) is 9.05. The van der Waals surface area contributed by atoms with E-state index in [1.165, 1.54) is 0 Å². The minimum Gasteiger partial charge on any atom is -0.317 e. The zero-order valence-electron chi connectivity index (χ0n) is 12.7. The van der Waals surface area contributed by atoms with E-state index in [1.54, 1.807) is 0 Å². The molecule has 0 saturated carbocycles. The van der Waals surface area contributed by atoms with Gasteiger partial charge >= 0.3 is 10.4 Å². The van der Waals surface area contributed by atoms with Gasteiger partial charge in [0.2, 0.25) is 0 Å². The first-order valence-electron chi connectivity index (χ1n) is 8.11. The van der Waals surface area contributed by atoms with Crippen LogP contribution in [0.3, 0.4) is 0 Å². The molecule has 0 amide bonds. The van der Waals surface area contributed by atoms with Gasteiger partial charge in [-0.3, -0.25) is 0 Å². The van der Waals surface area contributed by atoms with Crippen LogP contribution >= 0.6 is 0 Å². The van der Waals surface area contributed by atoms with Gasteiger partial charge in [0.05, 0.1) is 13.2 Å².